The molecule has 2 heterocycles. The van der Waals surface area contributed by atoms with E-state index >= 15 is 0 Å². The maximum atomic E-state index is 12.8. The summed E-state index contributed by atoms with van der Waals surface area (Å²) in [4.78, 5) is 25.7. The second kappa shape index (κ2) is 9.13. The zero-order valence-electron chi connectivity index (χ0n) is 16.4. The topological polar surface area (TPSA) is 111 Å². The van der Waals surface area contributed by atoms with E-state index in [1.54, 1.807) is 25.3 Å². The van der Waals surface area contributed by atoms with E-state index in [9.17, 15) is 13.2 Å². The molecule has 0 aromatic carbocycles. The fourth-order valence-electron chi connectivity index (χ4n) is 3.11. The van der Waals surface area contributed by atoms with Crippen LogP contribution in [0.4, 0.5) is 0 Å². The van der Waals surface area contributed by atoms with Crippen molar-refractivity contribution in [3.05, 3.63) is 53.6 Å². The lowest BCUT2D eigenvalue weighted by Gasteiger charge is -2.15. The number of pyridine rings is 1. The average Bonchev–Trinajstić information content (AvgIpc) is 3.21. The summed E-state index contributed by atoms with van der Waals surface area (Å²) in [6.07, 6.45) is 11.4. The third kappa shape index (κ3) is 6.08. The minimum Gasteiger partial charge on any atom is -0.436 e. The summed E-state index contributed by atoms with van der Waals surface area (Å²) in [5.74, 6) is 1.10. The van der Waals surface area contributed by atoms with Crippen LogP contribution >= 0.6 is 0 Å². The number of hydrogen-bond donors (Lipinski definition) is 1. The largest absolute Gasteiger partial charge is 0.436 e. The lowest BCUT2D eigenvalue weighted by molar-refractivity contribution is 0.0943. The molecule has 1 saturated carbocycles. The normalized spacial score (nSPS) is 16.1. The number of carbonyl (C=O) groups excluding carboxylic acids is 1. The predicted molar refractivity (Wildman–Crippen MR) is 108 cm³/mol. The van der Waals surface area contributed by atoms with Gasteiger partial charge in [-0.05, 0) is 31.9 Å². The van der Waals surface area contributed by atoms with Gasteiger partial charge in [-0.2, -0.15) is 4.98 Å². The Kier molecular flexibility index (Phi) is 6.58. The molecule has 0 aliphatic heterocycles. The Morgan fingerprint density at radius 1 is 1.31 bits per heavy atom. The van der Waals surface area contributed by atoms with Gasteiger partial charge >= 0.3 is 0 Å². The Morgan fingerprint density at radius 2 is 2.07 bits per heavy atom. The van der Waals surface area contributed by atoms with Crippen molar-refractivity contribution in [2.45, 2.75) is 44.6 Å². The van der Waals surface area contributed by atoms with E-state index in [4.69, 9.17) is 4.74 Å². The second-order valence-corrected chi connectivity index (χ2v) is 9.07. The van der Waals surface area contributed by atoms with Crippen LogP contribution in [0.3, 0.4) is 0 Å². The van der Waals surface area contributed by atoms with Crippen molar-refractivity contribution in [3.63, 3.8) is 0 Å². The highest BCUT2D eigenvalue weighted by atomic mass is 32.2. The molecule has 0 saturated heterocycles. The molecule has 3 rings (SSSR count). The molecule has 0 unspecified atom stereocenters. The second-order valence-electron chi connectivity index (χ2n) is 7.14. The molecule has 1 aliphatic rings. The first-order valence-electron chi connectivity index (χ1n) is 9.46. The number of carbonyl (C=O) groups is 1. The fourth-order valence-corrected chi connectivity index (χ4v) is 3.63. The Morgan fingerprint density at radius 3 is 2.72 bits per heavy atom. The lowest BCUT2D eigenvalue weighted by atomic mass is 10.1. The van der Waals surface area contributed by atoms with E-state index in [0.717, 1.165) is 37.3 Å². The number of amides is 1. The maximum Gasteiger partial charge on any atom is 0.258 e. The molecular weight excluding hydrogens is 392 g/mol. The van der Waals surface area contributed by atoms with Gasteiger partial charge in [0.2, 0.25) is 5.88 Å². The monoisotopic (exact) mass is 416 g/mol. The molecule has 1 atom stereocenters. The Labute approximate surface area is 170 Å². The number of aromatic nitrogens is 3. The van der Waals surface area contributed by atoms with Crippen LogP contribution in [0.25, 0.3) is 0 Å². The van der Waals surface area contributed by atoms with Crippen LogP contribution in [0.2, 0.25) is 0 Å². The quantitative estimate of drug-likeness (QED) is 0.738. The molecule has 1 amide bonds. The first-order valence-corrected chi connectivity index (χ1v) is 11.4. The maximum absolute atomic E-state index is 12.8. The van der Waals surface area contributed by atoms with Crippen molar-refractivity contribution in [2.75, 3.05) is 6.26 Å². The molecular formula is C20H24N4O4S. The van der Waals surface area contributed by atoms with Gasteiger partial charge in [0.25, 0.3) is 5.91 Å². The van der Waals surface area contributed by atoms with Gasteiger partial charge in [-0.1, -0.05) is 18.9 Å². The van der Waals surface area contributed by atoms with Gasteiger partial charge in [0.1, 0.15) is 17.1 Å². The number of sulfone groups is 1. The van der Waals surface area contributed by atoms with Crippen molar-refractivity contribution >= 4 is 15.7 Å². The van der Waals surface area contributed by atoms with Crippen LogP contribution in [0.15, 0.2) is 42.2 Å². The van der Waals surface area contributed by atoms with E-state index in [1.165, 1.54) is 18.5 Å². The van der Waals surface area contributed by atoms with Crippen molar-refractivity contribution in [2.24, 2.45) is 0 Å². The zero-order chi connectivity index (χ0) is 20.9. The van der Waals surface area contributed by atoms with Crippen LogP contribution < -0.4 is 10.1 Å². The molecule has 9 heteroatoms. The first-order chi connectivity index (χ1) is 13.8. The molecule has 1 fully saturated rings. The van der Waals surface area contributed by atoms with Crippen LogP contribution in [0.5, 0.6) is 11.6 Å². The van der Waals surface area contributed by atoms with Crippen molar-refractivity contribution < 1.29 is 17.9 Å². The van der Waals surface area contributed by atoms with Gasteiger partial charge in [0.15, 0.2) is 9.84 Å². The summed E-state index contributed by atoms with van der Waals surface area (Å²) in [6, 6.07) is 2.95. The third-order valence-corrected chi connectivity index (χ3v) is 5.21. The number of nitrogens with one attached hydrogen (secondary N) is 1. The molecule has 1 N–H and O–H groups in total. The van der Waals surface area contributed by atoms with Gasteiger partial charge in [-0.25, -0.2) is 13.4 Å². The molecule has 154 valence electrons. The third-order valence-electron chi connectivity index (χ3n) is 4.56. The molecule has 2 aromatic rings. The van der Waals surface area contributed by atoms with Crippen LogP contribution in [0.1, 0.15) is 54.7 Å². The summed E-state index contributed by atoms with van der Waals surface area (Å²) in [5, 5.41) is 3.78. The van der Waals surface area contributed by atoms with Crippen molar-refractivity contribution in [1.29, 1.82) is 0 Å². The van der Waals surface area contributed by atoms with Gasteiger partial charge < -0.3 is 10.1 Å². The van der Waals surface area contributed by atoms with E-state index < -0.39 is 21.8 Å². The first kappa shape index (κ1) is 20.9. The molecule has 0 bridgehead atoms. The number of nitrogens with zero attached hydrogens (tertiary/aromatic N) is 3. The Hall–Kier alpha value is -2.81. The van der Waals surface area contributed by atoms with Crippen LogP contribution in [-0.4, -0.2) is 41.6 Å². The highest BCUT2D eigenvalue weighted by Gasteiger charge is 2.24. The molecule has 2 aromatic heterocycles. The van der Waals surface area contributed by atoms with Gasteiger partial charge in [0.05, 0.1) is 6.20 Å². The Bertz CT molecular complexity index is 987. The smallest absolute Gasteiger partial charge is 0.258 e. The van der Waals surface area contributed by atoms with Gasteiger partial charge in [-0.15, -0.1) is 0 Å². The zero-order valence-corrected chi connectivity index (χ0v) is 17.2. The molecule has 0 radical (unpaired) electrons. The van der Waals surface area contributed by atoms with Crippen molar-refractivity contribution in [1.82, 2.24) is 20.3 Å². The summed E-state index contributed by atoms with van der Waals surface area (Å²) >= 11 is 0. The minimum absolute atomic E-state index is 0.159. The van der Waals surface area contributed by atoms with E-state index in [-0.39, 0.29) is 17.4 Å². The van der Waals surface area contributed by atoms with E-state index in [2.05, 4.69) is 20.3 Å². The van der Waals surface area contributed by atoms with Gasteiger partial charge in [0, 0.05) is 36.0 Å². The van der Waals surface area contributed by atoms with Crippen LogP contribution in [-0.2, 0) is 9.84 Å². The van der Waals surface area contributed by atoms with E-state index in [1.807, 2.05) is 0 Å². The van der Waals surface area contributed by atoms with Crippen molar-refractivity contribution in [3.8, 4) is 11.6 Å². The lowest BCUT2D eigenvalue weighted by Crippen LogP contribution is -2.31. The SMILES string of the molecule is C[C@@H](/C=C/S(C)(=O)=O)NC(=O)c1cnc(C2CCCC2)nc1Oc1cccnc1. The molecule has 0 spiro atoms. The Balaban J connectivity index is 1.85. The summed E-state index contributed by atoms with van der Waals surface area (Å²) < 4.78 is 28.4. The fraction of sp³-hybridized carbons (Fsp3) is 0.400. The van der Waals surface area contributed by atoms with E-state index in [0.29, 0.717) is 11.6 Å². The molecule has 1 aliphatic carbocycles. The minimum atomic E-state index is -3.27. The standard InChI is InChI=1S/C20H24N4O4S/c1-14(9-11-29(2,26)27)23-19(25)17-13-22-18(15-6-3-4-7-15)24-20(17)28-16-8-5-10-21-12-16/h5,8-15H,3-4,6-7H2,1-2H3,(H,23,25)/b11-9+/t14-/m0/s1. The highest BCUT2D eigenvalue weighted by Crippen LogP contribution is 2.33. The molecule has 29 heavy (non-hydrogen) atoms. The highest BCUT2D eigenvalue weighted by molar-refractivity contribution is 7.93. The van der Waals surface area contributed by atoms with Gasteiger partial charge in [-0.3, -0.25) is 9.78 Å². The summed E-state index contributed by atoms with van der Waals surface area (Å²) in [6.45, 7) is 1.68. The van der Waals surface area contributed by atoms with Crippen LogP contribution in [0, 0.1) is 0 Å². The summed E-state index contributed by atoms with van der Waals surface area (Å²) in [7, 11) is -3.27. The summed E-state index contributed by atoms with van der Waals surface area (Å²) in [5.41, 5.74) is 0.176. The number of rotatable bonds is 7. The average molecular weight is 417 g/mol. The number of ether oxygens (including phenoxy) is 1. The predicted octanol–water partition coefficient (Wildman–Crippen LogP) is 3.00. The number of hydrogen-bond acceptors (Lipinski definition) is 7. The molecule has 8 nitrogen and oxygen atoms in total.